The van der Waals surface area contributed by atoms with Crippen LogP contribution in [0.5, 0.6) is 0 Å². The Balaban J connectivity index is 2.84. The summed E-state index contributed by atoms with van der Waals surface area (Å²) in [6.45, 7) is 5.90. The second-order valence-electron chi connectivity index (χ2n) is 4.40. The summed E-state index contributed by atoms with van der Waals surface area (Å²) >= 11 is 1.11. The van der Waals surface area contributed by atoms with Crippen molar-refractivity contribution in [1.29, 1.82) is 0 Å². The van der Waals surface area contributed by atoms with Crippen molar-refractivity contribution in [2.75, 3.05) is 6.61 Å². The Morgan fingerprint density at radius 2 is 2.06 bits per heavy atom. The van der Waals surface area contributed by atoms with E-state index in [0.717, 1.165) is 30.1 Å². The summed E-state index contributed by atoms with van der Waals surface area (Å²) in [5.74, 6) is -0.175. The Kier molecular flexibility index (Phi) is 5.68. The van der Waals surface area contributed by atoms with Gasteiger partial charge in [-0.25, -0.2) is 0 Å². The summed E-state index contributed by atoms with van der Waals surface area (Å²) in [6, 6.07) is 0. The molecular weight excluding hydrogens is 250 g/mol. The molecular formula is C12H21N3O2S. The number of amides is 1. The molecule has 6 heteroatoms. The van der Waals surface area contributed by atoms with E-state index in [-0.39, 0.29) is 12.5 Å². The lowest BCUT2D eigenvalue weighted by molar-refractivity contribution is 0.0821. The van der Waals surface area contributed by atoms with Gasteiger partial charge in [0.2, 0.25) is 0 Å². The van der Waals surface area contributed by atoms with E-state index in [0.29, 0.717) is 17.7 Å². The highest BCUT2D eigenvalue weighted by Crippen LogP contribution is 2.18. The average Bonchev–Trinajstić information content (AvgIpc) is 2.85. The van der Waals surface area contributed by atoms with E-state index in [4.69, 9.17) is 0 Å². The van der Waals surface area contributed by atoms with Crippen molar-refractivity contribution in [3.05, 3.63) is 10.6 Å². The fourth-order valence-corrected chi connectivity index (χ4v) is 2.37. The van der Waals surface area contributed by atoms with Crippen LogP contribution in [-0.2, 0) is 6.42 Å². The number of rotatable bonds is 7. The zero-order valence-corrected chi connectivity index (χ0v) is 12.0. The van der Waals surface area contributed by atoms with Crippen LogP contribution in [0.25, 0.3) is 0 Å². The molecule has 0 bridgehead atoms. The molecule has 0 aliphatic rings. The molecule has 0 aliphatic heterocycles. The number of aryl methyl sites for hydroxylation is 1. The molecule has 1 aromatic rings. The van der Waals surface area contributed by atoms with Gasteiger partial charge in [0.25, 0.3) is 5.91 Å². The summed E-state index contributed by atoms with van der Waals surface area (Å²) in [6.07, 6.45) is 3.07. The van der Waals surface area contributed by atoms with Crippen molar-refractivity contribution < 1.29 is 9.90 Å². The molecule has 2 N–H and O–H groups in total. The van der Waals surface area contributed by atoms with Gasteiger partial charge >= 0.3 is 0 Å². The molecule has 0 atom stereocenters. The molecule has 0 unspecified atom stereocenters. The van der Waals surface area contributed by atoms with Gasteiger partial charge in [0.15, 0.2) is 0 Å². The lowest BCUT2D eigenvalue weighted by Gasteiger charge is -2.30. The minimum Gasteiger partial charge on any atom is -0.394 e. The topological polar surface area (TPSA) is 75.1 Å². The molecule has 5 nitrogen and oxygen atoms in total. The van der Waals surface area contributed by atoms with Crippen molar-refractivity contribution in [2.45, 2.75) is 52.0 Å². The Bertz CT molecular complexity index is 380. The van der Waals surface area contributed by atoms with Crippen molar-refractivity contribution >= 4 is 17.4 Å². The van der Waals surface area contributed by atoms with E-state index in [1.165, 1.54) is 0 Å². The highest BCUT2D eigenvalue weighted by molar-refractivity contribution is 7.08. The van der Waals surface area contributed by atoms with Crippen molar-refractivity contribution in [2.24, 2.45) is 0 Å². The van der Waals surface area contributed by atoms with Crippen LogP contribution in [0.3, 0.4) is 0 Å². The van der Waals surface area contributed by atoms with E-state index in [1.54, 1.807) is 0 Å². The lowest BCUT2D eigenvalue weighted by atomic mass is 9.93. The van der Waals surface area contributed by atoms with Gasteiger partial charge < -0.3 is 10.4 Å². The van der Waals surface area contributed by atoms with E-state index in [1.807, 2.05) is 20.8 Å². The number of hydrogen-bond donors (Lipinski definition) is 2. The molecule has 1 rings (SSSR count). The van der Waals surface area contributed by atoms with Gasteiger partial charge in [-0.1, -0.05) is 31.7 Å². The van der Waals surface area contributed by atoms with Crippen molar-refractivity contribution in [3.63, 3.8) is 0 Å². The maximum Gasteiger partial charge on any atom is 0.265 e. The summed E-state index contributed by atoms with van der Waals surface area (Å²) in [4.78, 5) is 12.8. The third-order valence-corrected chi connectivity index (χ3v) is 4.05. The van der Waals surface area contributed by atoms with E-state index < -0.39 is 5.54 Å². The molecule has 0 saturated heterocycles. The van der Waals surface area contributed by atoms with Crippen LogP contribution in [0.2, 0.25) is 0 Å². The maximum absolute atomic E-state index is 12.2. The number of carbonyl (C=O) groups excluding carboxylic acids is 1. The van der Waals surface area contributed by atoms with E-state index >= 15 is 0 Å². The first-order valence-electron chi connectivity index (χ1n) is 6.37. The Morgan fingerprint density at radius 3 is 2.56 bits per heavy atom. The van der Waals surface area contributed by atoms with Crippen LogP contribution >= 0.6 is 11.5 Å². The van der Waals surface area contributed by atoms with Gasteiger partial charge in [-0.05, 0) is 30.8 Å². The SMILES string of the molecule is CCCc1nnsc1C(=O)NC(CC)(CC)CO. The van der Waals surface area contributed by atoms with E-state index in [9.17, 15) is 9.90 Å². The predicted molar refractivity (Wildman–Crippen MR) is 71.8 cm³/mol. The van der Waals surface area contributed by atoms with Crippen LogP contribution in [0, 0.1) is 0 Å². The molecule has 0 saturated carbocycles. The molecule has 1 aromatic heterocycles. The largest absolute Gasteiger partial charge is 0.394 e. The average molecular weight is 271 g/mol. The molecule has 1 amide bonds. The minimum absolute atomic E-state index is 0.0545. The quantitative estimate of drug-likeness (QED) is 0.792. The first-order chi connectivity index (χ1) is 8.62. The second-order valence-corrected chi connectivity index (χ2v) is 5.15. The van der Waals surface area contributed by atoms with Crippen molar-refractivity contribution in [1.82, 2.24) is 14.9 Å². The molecule has 0 spiro atoms. The standard InChI is InChI=1S/C12H21N3O2S/c1-4-7-9-10(18-15-14-9)11(17)13-12(5-2,6-3)8-16/h16H,4-8H2,1-3H3,(H,13,17). The van der Waals surface area contributed by atoms with Gasteiger partial charge in [-0.3, -0.25) is 4.79 Å². The number of nitrogens with zero attached hydrogens (tertiary/aromatic N) is 2. The summed E-state index contributed by atoms with van der Waals surface area (Å²) in [7, 11) is 0. The molecule has 0 aliphatic carbocycles. The molecule has 0 aromatic carbocycles. The summed E-state index contributed by atoms with van der Waals surface area (Å²) < 4.78 is 3.84. The van der Waals surface area contributed by atoms with E-state index in [2.05, 4.69) is 14.9 Å². The molecule has 1 heterocycles. The highest BCUT2D eigenvalue weighted by atomic mass is 32.1. The third kappa shape index (κ3) is 3.26. The number of aromatic nitrogens is 2. The highest BCUT2D eigenvalue weighted by Gasteiger charge is 2.29. The molecule has 0 radical (unpaired) electrons. The van der Waals surface area contributed by atoms with Crippen molar-refractivity contribution in [3.8, 4) is 0 Å². The number of aliphatic hydroxyl groups is 1. The first-order valence-corrected chi connectivity index (χ1v) is 7.14. The predicted octanol–water partition coefficient (Wildman–Crippen LogP) is 1.77. The zero-order chi connectivity index (χ0) is 13.6. The van der Waals surface area contributed by atoms with Gasteiger partial charge in [-0.2, -0.15) is 0 Å². The molecule has 18 heavy (non-hydrogen) atoms. The second kappa shape index (κ2) is 6.80. The summed E-state index contributed by atoms with van der Waals surface area (Å²) in [5, 5.41) is 16.4. The fourth-order valence-electron chi connectivity index (χ4n) is 1.77. The minimum atomic E-state index is -0.537. The van der Waals surface area contributed by atoms with Gasteiger partial charge in [0.05, 0.1) is 17.8 Å². The van der Waals surface area contributed by atoms with Crippen LogP contribution in [-0.4, -0.2) is 32.7 Å². The number of aliphatic hydroxyl groups excluding tert-OH is 1. The van der Waals surface area contributed by atoms with Crippen LogP contribution in [0.1, 0.15) is 55.4 Å². The Morgan fingerprint density at radius 1 is 1.39 bits per heavy atom. The smallest absolute Gasteiger partial charge is 0.265 e. The molecule has 0 fully saturated rings. The Hall–Kier alpha value is -1.01. The van der Waals surface area contributed by atoms with Gasteiger partial charge in [0.1, 0.15) is 4.88 Å². The third-order valence-electron chi connectivity index (χ3n) is 3.28. The maximum atomic E-state index is 12.2. The number of carbonyl (C=O) groups is 1. The first kappa shape index (κ1) is 15.0. The number of nitrogens with one attached hydrogen (secondary N) is 1. The Labute approximate surface area is 112 Å². The van der Waals surface area contributed by atoms with Crippen LogP contribution in [0.15, 0.2) is 0 Å². The van der Waals surface area contributed by atoms with Crippen LogP contribution < -0.4 is 5.32 Å². The monoisotopic (exact) mass is 271 g/mol. The number of hydrogen-bond acceptors (Lipinski definition) is 5. The fraction of sp³-hybridized carbons (Fsp3) is 0.750. The molecule has 102 valence electrons. The normalized spacial score (nSPS) is 11.6. The zero-order valence-electron chi connectivity index (χ0n) is 11.2. The lowest BCUT2D eigenvalue weighted by Crippen LogP contribution is -2.50. The summed E-state index contributed by atoms with van der Waals surface area (Å²) in [5.41, 5.74) is 0.212. The van der Waals surface area contributed by atoms with Gasteiger partial charge in [0, 0.05) is 0 Å². The van der Waals surface area contributed by atoms with Crippen LogP contribution in [0.4, 0.5) is 0 Å². The van der Waals surface area contributed by atoms with Gasteiger partial charge in [-0.15, -0.1) is 5.10 Å².